The molecule has 20 heavy (non-hydrogen) atoms. The van der Waals surface area contributed by atoms with E-state index < -0.39 is 10.0 Å². The van der Waals surface area contributed by atoms with Crippen LogP contribution in [0.3, 0.4) is 0 Å². The molecule has 1 aromatic rings. The molecule has 1 saturated heterocycles. The molecule has 112 valence electrons. The first-order chi connectivity index (χ1) is 9.35. The van der Waals surface area contributed by atoms with E-state index in [2.05, 4.69) is 5.32 Å². The number of nitrogens with one attached hydrogen (secondary N) is 1. The van der Waals surface area contributed by atoms with Crippen LogP contribution in [-0.2, 0) is 10.0 Å². The minimum Gasteiger partial charge on any atom is -0.497 e. The molecule has 0 spiro atoms. The lowest BCUT2D eigenvalue weighted by Gasteiger charge is -2.29. The zero-order valence-corrected chi connectivity index (χ0v) is 13.0. The minimum absolute atomic E-state index is 0.212. The molecule has 0 aliphatic carbocycles. The Bertz CT molecular complexity index is 552. The molecule has 0 bridgehead atoms. The molecule has 0 atom stereocenters. The zero-order valence-electron chi connectivity index (χ0n) is 12.2. The van der Waals surface area contributed by atoms with Crippen LogP contribution < -0.4 is 10.1 Å². The van der Waals surface area contributed by atoms with Crippen molar-refractivity contribution in [1.82, 2.24) is 9.62 Å². The lowest BCUT2D eigenvalue weighted by atomic mass is 10.1. The van der Waals surface area contributed by atoms with E-state index in [0.29, 0.717) is 23.7 Å². The van der Waals surface area contributed by atoms with Crippen LogP contribution in [0.5, 0.6) is 5.75 Å². The highest BCUT2D eigenvalue weighted by atomic mass is 32.2. The van der Waals surface area contributed by atoms with Crippen LogP contribution in [0.4, 0.5) is 0 Å². The molecule has 0 unspecified atom stereocenters. The summed E-state index contributed by atoms with van der Waals surface area (Å²) in [6.45, 7) is 5.90. The standard InChI is InChI=1S/C14H22N2O3S/c1-14(2)11-16(10-4-9-15-14)20(17,18)13-7-5-12(19-3)6-8-13/h5-8,15H,4,9-11H2,1-3H3. The molecule has 0 aromatic heterocycles. The number of hydrogen-bond donors (Lipinski definition) is 1. The summed E-state index contributed by atoms with van der Waals surface area (Å²) in [5, 5.41) is 3.37. The summed E-state index contributed by atoms with van der Waals surface area (Å²) < 4.78 is 32.0. The van der Waals surface area contributed by atoms with Gasteiger partial charge in [-0.25, -0.2) is 8.42 Å². The van der Waals surface area contributed by atoms with Crippen molar-refractivity contribution in [3.05, 3.63) is 24.3 Å². The van der Waals surface area contributed by atoms with Crippen molar-refractivity contribution in [2.75, 3.05) is 26.7 Å². The lowest BCUT2D eigenvalue weighted by molar-refractivity contribution is 0.326. The van der Waals surface area contributed by atoms with Gasteiger partial charge in [0.25, 0.3) is 0 Å². The van der Waals surface area contributed by atoms with Crippen molar-refractivity contribution in [1.29, 1.82) is 0 Å². The van der Waals surface area contributed by atoms with Crippen LogP contribution >= 0.6 is 0 Å². The van der Waals surface area contributed by atoms with Gasteiger partial charge in [-0.15, -0.1) is 0 Å². The summed E-state index contributed by atoms with van der Waals surface area (Å²) in [6.07, 6.45) is 0.818. The Morgan fingerprint density at radius 1 is 1.25 bits per heavy atom. The highest BCUT2D eigenvalue weighted by molar-refractivity contribution is 7.89. The quantitative estimate of drug-likeness (QED) is 0.918. The maximum absolute atomic E-state index is 12.7. The Morgan fingerprint density at radius 3 is 2.50 bits per heavy atom. The Kier molecular flexibility index (Phi) is 4.36. The Labute approximate surface area is 121 Å². The van der Waals surface area contributed by atoms with E-state index in [1.54, 1.807) is 35.7 Å². The largest absolute Gasteiger partial charge is 0.497 e. The number of benzene rings is 1. The number of hydrogen-bond acceptors (Lipinski definition) is 4. The monoisotopic (exact) mass is 298 g/mol. The van der Waals surface area contributed by atoms with Crippen molar-refractivity contribution in [2.45, 2.75) is 30.7 Å². The molecule has 1 aliphatic heterocycles. The number of sulfonamides is 1. The third-order valence-corrected chi connectivity index (χ3v) is 5.32. The normalized spacial score (nSPS) is 20.4. The average Bonchev–Trinajstić information content (AvgIpc) is 2.60. The van der Waals surface area contributed by atoms with E-state index in [-0.39, 0.29) is 5.54 Å². The van der Waals surface area contributed by atoms with Crippen LogP contribution in [0.15, 0.2) is 29.2 Å². The first kappa shape index (κ1) is 15.3. The van der Waals surface area contributed by atoms with E-state index in [4.69, 9.17) is 4.74 Å². The van der Waals surface area contributed by atoms with Crippen LogP contribution in [0.25, 0.3) is 0 Å². The molecule has 1 aliphatic rings. The summed E-state index contributed by atoms with van der Waals surface area (Å²) in [5.74, 6) is 0.654. The number of nitrogens with zero attached hydrogens (tertiary/aromatic N) is 1. The maximum atomic E-state index is 12.7. The van der Waals surface area contributed by atoms with Gasteiger partial charge in [-0.05, 0) is 51.1 Å². The molecule has 5 nitrogen and oxygen atoms in total. The topological polar surface area (TPSA) is 58.6 Å². The Morgan fingerprint density at radius 2 is 1.90 bits per heavy atom. The minimum atomic E-state index is -3.44. The summed E-state index contributed by atoms with van der Waals surface area (Å²) in [5.41, 5.74) is -0.212. The number of methoxy groups -OCH3 is 1. The SMILES string of the molecule is COc1ccc(S(=O)(=O)N2CCCNC(C)(C)C2)cc1. The van der Waals surface area contributed by atoms with Crippen molar-refractivity contribution < 1.29 is 13.2 Å². The Balaban J connectivity index is 2.28. The average molecular weight is 298 g/mol. The van der Waals surface area contributed by atoms with Gasteiger partial charge in [0.1, 0.15) is 5.75 Å². The molecule has 1 N–H and O–H groups in total. The molecule has 0 amide bonds. The van der Waals surface area contributed by atoms with Gasteiger partial charge in [0.2, 0.25) is 10.0 Å². The fraction of sp³-hybridized carbons (Fsp3) is 0.571. The molecule has 0 radical (unpaired) electrons. The third-order valence-electron chi connectivity index (χ3n) is 3.46. The summed E-state index contributed by atoms with van der Waals surface area (Å²) in [7, 11) is -1.88. The second-order valence-electron chi connectivity index (χ2n) is 5.68. The smallest absolute Gasteiger partial charge is 0.243 e. The first-order valence-corrected chi connectivity index (χ1v) is 8.18. The maximum Gasteiger partial charge on any atom is 0.243 e. The van der Waals surface area contributed by atoms with E-state index in [0.717, 1.165) is 13.0 Å². The summed E-state index contributed by atoms with van der Waals surface area (Å²) >= 11 is 0. The second kappa shape index (κ2) is 5.71. The van der Waals surface area contributed by atoms with Crippen molar-refractivity contribution in [2.24, 2.45) is 0 Å². The molecule has 1 heterocycles. The van der Waals surface area contributed by atoms with E-state index in [9.17, 15) is 8.42 Å². The Hall–Kier alpha value is -1.11. The van der Waals surface area contributed by atoms with Gasteiger partial charge in [-0.3, -0.25) is 0 Å². The fourth-order valence-electron chi connectivity index (χ4n) is 2.36. The molecule has 1 fully saturated rings. The molecular weight excluding hydrogens is 276 g/mol. The van der Waals surface area contributed by atoms with Crippen molar-refractivity contribution in [3.63, 3.8) is 0 Å². The first-order valence-electron chi connectivity index (χ1n) is 6.74. The molecule has 6 heteroatoms. The van der Waals surface area contributed by atoms with Crippen molar-refractivity contribution >= 4 is 10.0 Å². The van der Waals surface area contributed by atoms with Gasteiger partial charge in [0.15, 0.2) is 0 Å². The molecule has 0 saturated carbocycles. The lowest BCUT2D eigenvalue weighted by Crippen LogP contribution is -2.47. The van der Waals surface area contributed by atoms with Crippen LogP contribution in [0.2, 0.25) is 0 Å². The van der Waals surface area contributed by atoms with Crippen LogP contribution in [-0.4, -0.2) is 45.0 Å². The molecule has 1 aromatic carbocycles. The third kappa shape index (κ3) is 3.31. The highest BCUT2D eigenvalue weighted by Crippen LogP contribution is 2.22. The zero-order chi connectivity index (χ0) is 14.8. The van der Waals surface area contributed by atoms with Crippen molar-refractivity contribution in [3.8, 4) is 5.75 Å². The summed E-state index contributed by atoms with van der Waals surface area (Å²) in [4.78, 5) is 0.316. The van der Waals surface area contributed by atoms with Crippen LogP contribution in [0.1, 0.15) is 20.3 Å². The fourth-order valence-corrected chi connectivity index (χ4v) is 4.00. The van der Waals surface area contributed by atoms with Gasteiger partial charge in [-0.1, -0.05) is 0 Å². The molecule has 2 rings (SSSR count). The van der Waals surface area contributed by atoms with Gasteiger partial charge < -0.3 is 10.1 Å². The van der Waals surface area contributed by atoms with Gasteiger partial charge in [-0.2, -0.15) is 4.31 Å². The molecular formula is C14H22N2O3S. The summed E-state index contributed by atoms with van der Waals surface area (Å²) in [6, 6.07) is 6.54. The predicted molar refractivity (Wildman–Crippen MR) is 78.5 cm³/mol. The van der Waals surface area contributed by atoms with E-state index in [1.807, 2.05) is 13.8 Å². The van der Waals surface area contributed by atoms with Gasteiger partial charge >= 0.3 is 0 Å². The number of rotatable bonds is 3. The highest BCUT2D eigenvalue weighted by Gasteiger charge is 2.32. The number of ether oxygens (including phenoxy) is 1. The van der Waals surface area contributed by atoms with Gasteiger partial charge in [0.05, 0.1) is 12.0 Å². The second-order valence-corrected chi connectivity index (χ2v) is 7.62. The van der Waals surface area contributed by atoms with Gasteiger partial charge in [0, 0.05) is 18.6 Å². The van der Waals surface area contributed by atoms with E-state index in [1.165, 1.54) is 0 Å². The van der Waals surface area contributed by atoms with Crippen LogP contribution in [0, 0.1) is 0 Å². The van der Waals surface area contributed by atoms with E-state index >= 15 is 0 Å². The predicted octanol–water partition coefficient (Wildman–Crippen LogP) is 1.46.